The number of nitrogen functional groups attached to an aromatic ring is 1. The Balaban J connectivity index is 2.64. The normalized spacial score (nSPS) is 10.2. The lowest BCUT2D eigenvalue weighted by molar-refractivity contribution is -0.119. The van der Waals surface area contributed by atoms with Gasteiger partial charge in [-0.15, -0.1) is 0 Å². The fourth-order valence-corrected chi connectivity index (χ4v) is 1.44. The quantitative estimate of drug-likeness (QED) is 0.671. The molecule has 5 heteroatoms. The summed E-state index contributed by atoms with van der Waals surface area (Å²) in [7, 11) is 0. The van der Waals surface area contributed by atoms with Gasteiger partial charge >= 0.3 is 0 Å². The Bertz CT molecular complexity index is 405. The van der Waals surface area contributed by atoms with Gasteiger partial charge in [0.1, 0.15) is 5.75 Å². The van der Waals surface area contributed by atoms with E-state index in [4.69, 9.17) is 10.5 Å². The SMILES string of the molecule is CCNC(=O)CNc1ccc(N)c(OC(C)C)c1. The van der Waals surface area contributed by atoms with Gasteiger partial charge in [-0.2, -0.15) is 0 Å². The smallest absolute Gasteiger partial charge is 0.239 e. The van der Waals surface area contributed by atoms with Crippen molar-refractivity contribution in [3.8, 4) is 5.75 Å². The van der Waals surface area contributed by atoms with Crippen LogP contribution in [-0.2, 0) is 4.79 Å². The summed E-state index contributed by atoms with van der Waals surface area (Å²) >= 11 is 0. The second kappa shape index (κ2) is 6.74. The molecule has 0 aliphatic rings. The van der Waals surface area contributed by atoms with Gasteiger partial charge in [0.2, 0.25) is 5.91 Å². The van der Waals surface area contributed by atoms with Crippen molar-refractivity contribution in [2.75, 3.05) is 24.1 Å². The molecule has 0 aliphatic carbocycles. The van der Waals surface area contributed by atoms with Crippen molar-refractivity contribution in [3.63, 3.8) is 0 Å². The first-order valence-corrected chi connectivity index (χ1v) is 6.09. The number of anilines is 2. The van der Waals surface area contributed by atoms with E-state index >= 15 is 0 Å². The summed E-state index contributed by atoms with van der Waals surface area (Å²) in [4.78, 5) is 11.3. The van der Waals surface area contributed by atoms with Crippen molar-refractivity contribution in [1.29, 1.82) is 0 Å². The molecule has 0 radical (unpaired) electrons. The Kier molecular flexibility index (Phi) is 5.30. The van der Waals surface area contributed by atoms with Crippen LogP contribution >= 0.6 is 0 Å². The molecule has 4 N–H and O–H groups in total. The molecule has 0 spiro atoms. The van der Waals surface area contributed by atoms with Crippen LogP contribution in [0.2, 0.25) is 0 Å². The van der Waals surface area contributed by atoms with Crippen LogP contribution in [0, 0.1) is 0 Å². The zero-order valence-corrected chi connectivity index (χ0v) is 11.1. The molecule has 1 aromatic rings. The lowest BCUT2D eigenvalue weighted by atomic mass is 10.2. The van der Waals surface area contributed by atoms with E-state index in [1.807, 2.05) is 26.8 Å². The van der Waals surface area contributed by atoms with E-state index in [0.29, 0.717) is 18.0 Å². The highest BCUT2D eigenvalue weighted by molar-refractivity contribution is 5.80. The molecule has 0 fully saturated rings. The predicted octanol–water partition coefficient (Wildman–Crippen LogP) is 1.60. The molecule has 1 amide bonds. The van der Waals surface area contributed by atoms with E-state index in [1.54, 1.807) is 12.1 Å². The van der Waals surface area contributed by atoms with Gasteiger partial charge in [0.25, 0.3) is 0 Å². The zero-order valence-electron chi connectivity index (χ0n) is 11.1. The van der Waals surface area contributed by atoms with Crippen LogP contribution in [-0.4, -0.2) is 25.1 Å². The number of hydrogen-bond donors (Lipinski definition) is 3. The molecule has 0 saturated carbocycles. The van der Waals surface area contributed by atoms with Crippen LogP contribution < -0.4 is 21.1 Å². The average molecular weight is 251 g/mol. The second-order valence-electron chi connectivity index (χ2n) is 4.23. The Hall–Kier alpha value is -1.91. The van der Waals surface area contributed by atoms with Crippen LogP contribution in [0.5, 0.6) is 5.75 Å². The summed E-state index contributed by atoms with van der Waals surface area (Å²) in [6.07, 6.45) is 0.0611. The molecule has 0 atom stereocenters. The highest BCUT2D eigenvalue weighted by Gasteiger charge is 2.05. The minimum Gasteiger partial charge on any atom is -0.489 e. The minimum absolute atomic E-state index is 0.0411. The molecule has 0 aliphatic heterocycles. The molecular weight excluding hydrogens is 230 g/mol. The first-order valence-electron chi connectivity index (χ1n) is 6.09. The minimum atomic E-state index is -0.0411. The Morgan fingerprint density at radius 1 is 1.44 bits per heavy atom. The number of carbonyl (C=O) groups excluding carboxylic acids is 1. The molecule has 0 bridgehead atoms. The van der Waals surface area contributed by atoms with E-state index < -0.39 is 0 Å². The van der Waals surface area contributed by atoms with E-state index in [1.165, 1.54) is 0 Å². The molecule has 1 rings (SSSR count). The van der Waals surface area contributed by atoms with Gasteiger partial charge in [0.05, 0.1) is 18.3 Å². The largest absolute Gasteiger partial charge is 0.489 e. The van der Waals surface area contributed by atoms with Crippen molar-refractivity contribution in [2.45, 2.75) is 26.9 Å². The van der Waals surface area contributed by atoms with Gasteiger partial charge in [-0.1, -0.05) is 0 Å². The number of nitrogens with one attached hydrogen (secondary N) is 2. The third-order valence-electron chi connectivity index (χ3n) is 2.20. The van der Waals surface area contributed by atoms with Crippen molar-refractivity contribution < 1.29 is 9.53 Å². The molecule has 5 nitrogen and oxygen atoms in total. The molecule has 0 aromatic heterocycles. The standard InChI is InChI=1S/C13H21N3O2/c1-4-15-13(17)8-16-10-5-6-11(14)12(7-10)18-9(2)3/h5-7,9,16H,4,8,14H2,1-3H3,(H,15,17). The molecule has 100 valence electrons. The Labute approximate surface area is 108 Å². The number of nitrogens with two attached hydrogens (primary N) is 1. The van der Waals surface area contributed by atoms with Crippen LogP contribution in [0.15, 0.2) is 18.2 Å². The van der Waals surface area contributed by atoms with Gasteiger partial charge < -0.3 is 21.1 Å². The maximum atomic E-state index is 11.3. The number of amides is 1. The fourth-order valence-electron chi connectivity index (χ4n) is 1.44. The summed E-state index contributed by atoms with van der Waals surface area (Å²) in [5, 5.41) is 5.74. The summed E-state index contributed by atoms with van der Waals surface area (Å²) < 4.78 is 5.57. The molecule has 1 aromatic carbocycles. The van der Waals surface area contributed by atoms with Gasteiger partial charge in [-0.3, -0.25) is 4.79 Å². The van der Waals surface area contributed by atoms with Crippen LogP contribution in [0.1, 0.15) is 20.8 Å². The van der Waals surface area contributed by atoms with E-state index in [2.05, 4.69) is 10.6 Å². The highest BCUT2D eigenvalue weighted by atomic mass is 16.5. The molecular formula is C13H21N3O2. The number of hydrogen-bond acceptors (Lipinski definition) is 4. The highest BCUT2D eigenvalue weighted by Crippen LogP contribution is 2.26. The zero-order chi connectivity index (χ0) is 13.5. The predicted molar refractivity (Wildman–Crippen MR) is 73.8 cm³/mol. The lowest BCUT2D eigenvalue weighted by Gasteiger charge is -2.14. The molecule has 0 heterocycles. The van der Waals surface area contributed by atoms with Gasteiger partial charge in [0.15, 0.2) is 0 Å². The third kappa shape index (κ3) is 4.53. The molecule has 18 heavy (non-hydrogen) atoms. The monoisotopic (exact) mass is 251 g/mol. The Morgan fingerprint density at radius 3 is 2.78 bits per heavy atom. The third-order valence-corrected chi connectivity index (χ3v) is 2.20. The number of ether oxygens (including phenoxy) is 1. The summed E-state index contributed by atoms with van der Waals surface area (Å²) in [6, 6.07) is 5.38. The van der Waals surface area contributed by atoms with Gasteiger partial charge in [-0.25, -0.2) is 0 Å². The van der Waals surface area contributed by atoms with Gasteiger partial charge in [-0.05, 0) is 32.9 Å². The fraction of sp³-hybridized carbons (Fsp3) is 0.462. The number of carbonyl (C=O) groups is 1. The van der Waals surface area contributed by atoms with Crippen LogP contribution in [0.3, 0.4) is 0 Å². The number of likely N-dealkylation sites (N-methyl/N-ethyl adjacent to an activating group) is 1. The van der Waals surface area contributed by atoms with Crippen molar-refractivity contribution >= 4 is 17.3 Å². The molecule has 0 unspecified atom stereocenters. The molecule has 0 saturated heterocycles. The second-order valence-corrected chi connectivity index (χ2v) is 4.23. The van der Waals surface area contributed by atoms with Crippen molar-refractivity contribution in [1.82, 2.24) is 5.32 Å². The maximum Gasteiger partial charge on any atom is 0.239 e. The summed E-state index contributed by atoms with van der Waals surface area (Å²) in [5.74, 6) is 0.589. The first-order chi connectivity index (χ1) is 8.52. The van der Waals surface area contributed by atoms with Crippen LogP contribution in [0.25, 0.3) is 0 Å². The Morgan fingerprint density at radius 2 is 2.17 bits per heavy atom. The average Bonchev–Trinajstić information content (AvgIpc) is 2.30. The maximum absolute atomic E-state index is 11.3. The summed E-state index contributed by atoms with van der Waals surface area (Å²) in [6.45, 7) is 6.63. The van der Waals surface area contributed by atoms with Crippen molar-refractivity contribution in [3.05, 3.63) is 18.2 Å². The summed E-state index contributed by atoms with van der Waals surface area (Å²) in [5.41, 5.74) is 7.21. The van der Waals surface area contributed by atoms with E-state index in [0.717, 1.165) is 5.69 Å². The van der Waals surface area contributed by atoms with E-state index in [9.17, 15) is 4.79 Å². The van der Waals surface area contributed by atoms with Gasteiger partial charge in [0, 0.05) is 18.3 Å². The topological polar surface area (TPSA) is 76.4 Å². The first kappa shape index (κ1) is 14.2. The van der Waals surface area contributed by atoms with Crippen molar-refractivity contribution in [2.24, 2.45) is 0 Å². The number of benzene rings is 1. The lowest BCUT2D eigenvalue weighted by Crippen LogP contribution is -2.29. The number of rotatable bonds is 6. The van der Waals surface area contributed by atoms with E-state index in [-0.39, 0.29) is 18.6 Å². The van der Waals surface area contributed by atoms with Crippen LogP contribution in [0.4, 0.5) is 11.4 Å².